The number of esters is 1. The van der Waals surface area contributed by atoms with Crippen LogP contribution in [0.25, 0.3) is 0 Å². The van der Waals surface area contributed by atoms with E-state index in [-0.39, 0.29) is 17.6 Å². The fraction of sp³-hybridized carbons (Fsp3) is 0.222. The summed E-state index contributed by atoms with van der Waals surface area (Å²) in [6.07, 6.45) is 0. The molecule has 1 aromatic carbocycles. The molecule has 0 saturated carbocycles. The lowest BCUT2D eigenvalue weighted by atomic mass is 10.0. The quantitative estimate of drug-likeness (QED) is 0.466. The second-order valence-electron chi connectivity index (χ2n) is 2.83. The highest BCUT2D eigenvalue weighted by Crippen LogP contribution is 2.39. The van der Waals surface area contributed by atoms with Gasteiger partial charge in [-0.15, -0.1) is 0 Å². The molecule has 0 aromatic heterocycles. The molecule has 62 valence electrons. The van der Waals surface area contributed by atoms with Crippen LogP contribution in [0.4, 0.5) is 0 Å². The van der Waals surface area contributed by atoms with E-state index in [1.807, 2.05) is 0 Å². The third-order valence-electron chi connectivity index (χ3n) is 2.04. The molecule has 2 rings (SSSR count). The summed E-state index contributed by atoms with van der Waals surface area (Å²) < 4.78 is 4.90. The lowest BCUT2D eigenvalue weighted by Gasteiger charge is -2.00. The van der Waals surface area contributed by atoms with Crippen molar-refractivity contribution >= 4 is 5.97 Å². The van der Waals surface area contributed by atoms with Crippen molar-refractivity contribution in [1.29, 1.82) is 0 Å². The summed E-state index contributed by atoms with van der Waals surface area (Å²) in [7, 11) is 0. The summed E-state index contributed by atoms with van der Waals surface area (Å²) in [4.78, 5) is 11.0. The Kier molecular flexibility index (Phi) is 1.33. The van der Waals surface area contributed by atoms with Crippen molar-refractivity contribution in [1.82, 2.24) is 0 Å². The van der Waals surface area contributed by atoms with Gasteiger partial charge in [-0.05, 0) is 19.1 Å². The fourth-order valence-electron chi connectivity index (χ4n) is 1.37. The van der Waals surface area contributed by atoms with Crippen LogP contribution in [0.2, 0.25) is 0 Å². The van der Waals surface area contributed by atoms with Crippen LogP contribution in [0.15, 0.2) is 18.2 Å². The lowest BCUT2D eigenvalue weighted by molar-refractivity contribution is -0.133. The smallest absolute Gasteiger partial charge is 0.318 e. The van der Waals surface area contributed by atoms with Crippen LogP contribution in [-0.2, 0) is 4.79 Å². The first-order valence-corrected chi connectivity index (χ1v) is 3.73. The summed E-state index contributed by atoms with van der Waals surface area (Å²) in [6, 6.07) is 4.88. The van der Waals surface area contributed by atoms with Gasteiger partial charge in [-0.25, -0.2) is 0 Å². The van der Waals surface area contributed by atoms with Crippen LogP contribution in [-0.4, -0.2) is 11.1 Å². The summed E-state index contributed by atoms with van der Waals surface area (Å²) >= 11 is 0. The molecule has 12 heavy (non-hydrogen) atoms. The molecule has 1 aromatic rings. The number of benzene rings is 1. The highest BCUT2D eigenvalue weighted by atomic mass is 16.5. The molecule has 1 heterocycles. The zero-order valence-corrected chi connectivity index (χ0v) is 6.57. The van der Waals surface area contributed by atoms with Gasteiger partial charge in [0.25, 0.3) is 0 Å². The topological polar surface area (TPSA) is 46.5 Å². The van der Waals surface area contributed by atoms with E-state index in [1.54, 1.807) is 25.1 Å². The second kappa shape index (κ2) is 2.24. The molecule has 0 bridgehead atoms. The van der Waals surface area contributed by atoms with Crippen molar-refractivity contribution in [3.63, 3.8) is 0 Å². The van der Waals surface area contributed by atoms with E-state index in [4.69, 9.17) is 4.74 Å². The molecule has 1 N–H and O–H groups in total. The molecule has 0 unspecified atom stereocenters. The van der Waals surface area contributed by atoms with Crippen LogP contribution >= 0.6 is 0 Å². The van der Waals surface area contributed by atoms with Gasteiger partial charge >= 0.3 is 5.97 Å². The van der Waals surface area contributed by atoms with Crippen molar-refractivity contribution in [2.75, 3.05) is 0 Å². The van der Waals surface area contributed by atoms with Crippen molar-refractivity contribution in [2.24, 2.45) is 0 Å². The largest absolute Gasteiger partial charge is 0.508 e. The van der Waals surface area contributed by atoms with Crippen LogP contribution in [0.1, 0.15) is 18.4 Å². The van der Waals surface area contributed by atoms with Crippen molar-refractivity contribution < 1.29 is 14.6 Å². The van der Waals surface area contributed by atoms with Gasteiger partial charge in [-0.2, -0.15) is 0 Å². The van der Waals surface area contributed by atoms with E-state index in [9.17, 15) is 9.90 Å². The number of fused-ring (bicyclic) bond motifs is 1. The monoisotopic (exact) mass is 164 g/mol. The Labute approximate surface area is 69.6 Å². The van der Waals surface area contributed by atoms with Gasteiger partial charge in [-0.1, -0.05) is 6.07 Å². The van der Waals surface area contributed by atoms with Crippen molar-refractivity contribution in [2.45, 2.75) is 12.8 Å². The molecular formula is C9H8O3. The molecule has 1 aliphatic heterocycles. The third-order valence-corrected chi connectivity index (χ3v) is 2.04. The van der Waals surface area contributed by atoms with E-state index in [0.29, 0.717) is 11.3 Å². The summed E-state index contributed by atoms with van der Waals surface area (Å²) in [5, 5.41) is 9.39. The first-order valence-electron chi connectivity index (χ1n) is 3.73. The van der Waals surface area contributed by atoms with Crippen LogP contribution < -0.4 is 4.74 Å². The maximum atomic E-state index is 11.0. The lowest BCUT2D eigenvalue weighted by Crippen LogP contribution is -2.05. The third kappa shape index (κ3) is 0.794. The van der Waals surface area contributed by atoms with Gasteiger partial charge in [0.15, 0.2) is 0 Å². The Bertz CT molecular complexity index is 344. The molecule has 3 heteroatoms. The van der Waals surface area contributed by atoms with Gasteiger partial charge in [-0.3, -0.25) is 4.79 Å². The van der Waals surface area contributed by atoms with E-state index >= 15 is 0 Å². The molecule has 0 fully saturated rings. The Morgan fingerprint density at radius 1 is 1.50 bits per heavy atom. The number of rotatable bonds is 0. The molecule has 1 aliphatic rings. The second-order valence-corrected chi connectivity index (χ2v) is 2.83. The van der Waals surface area contributed by atoms with Crippen LogP contribution in [0.3, 0.4) is 0 Å². The molecular weight excluding hydrogens is 156 g/mol. The number of phenolic OH excluding ortho intramolecular Hbond substituents is 1. The number of carbonyl (C=O) groups excluding carboxylic acids is 1. The van der Waals surface area contributed by atoms with Gasteiger partial charge in [0, 0.05) is 0 Å². The average Bonchev–Trinajstić information content (AvgIpc) is 2.29. The predicted octanol–water partition coefficient (Wildman–Crippen LogP) is 1.41. The highest BCUT2D eigenvalue weighted by Gasteiger charge is 2.31. The van der Waals surface area contributed by atoms with Crippen molar-refractivity contribution in [3.8, 4) is 11.5 Å². The minimum Gasteiger partial charge on any atom is -0.508 e. The first-order chi connectivity index (χ1) is 5.70. The summed E-state index contributed by atoms with van der Waals surface area (Å²) in [6.45, 7) is 1.72. The molecule has 0 radical (unpaired) electrons. The van der Waals surface area contributed by atoms with E-state index < -0.39 is 0 Å². The number of hydrogen-bond acceptors (Lipinski definition) is 3. The molecule has 0 aliphatic carbocycles. The molecule has 0 saturated heterocycles. The van der Waals surface area contributed by atoms with Gasteiger partial charge in [0.2, 0.25) is 0 Å². The average molecular weight is 164 g/mol. The highest BCUT2D eigenvalue weighted by molar-refractivity contribution is 5.86. The first kappa shape index (κ1) is 7.16. The zero-order valence-electron chi connectivity index (χ0n) is 6.57. The molecule has 1 atom stereocenters. The summed E-state index contributed by atoms with van der Waals surface area (Å²) in [5.74, 6) is -0.0361. The van der Waals surface area contributed by atoms with Crippen LogP contribution in [0, 0.1) is 0 Å². The number of carbonyl (C=O) groups is 1. The van der Waals surface area contributed by atoms with Crippen molar-refractivity contribution in [3.05, 3.63) is 23.8 Å². The fourth-order valence-corrected chi connectivity index (χ4v) is 1.37. The van der Waals surface area contributed by atoms with E-state index in [1.165, 1.54) is 0 Å². The van der Waals surface area contributed by atoms with Gasteiger partial charge in [0.1, 0.15) is 11.5 Å². The normalized spacial score (nSPS) is 20.4. The predicted molar refractivity (Wildman–Crippen MR) is 42.2 cm³/mol. The Morgan fingerprint density at radius 3 is 2.92 bits per heavy atom. The number of hydrogen-bond donors (Lipinski definition) is 1. The van der Waals surface area contributed by atoms with E-state index in [2.05, 4.69) is 0 Å². The minimum atomic E-state index is -0.346. The Morgan fingerprint density at radius 2 is 2.25 bits per heavy atom. The Balaban J connectivity index is 2.62. The molecule has 0 spiro atoms. The van der Waals surface area contributed by atoms with E-state index in [0.717, 1.165) is 0 Å². The number of phenols is 1. The summed E-state index contributed by atoms with van der Waals surface area (Å²) in [5.41, 5.74) is 0.600. The Hall–Kier alpha value is -1.51. The standard InChI is InChI=1S/C9H8O3/c1-5-8-6(10)3-2-4-7(8)12-9(5)11/h2-5,10H,1H3/t5-/m1/s1. The molecule has 0 amide bonds. The van der Waals surface area contributed by atoms with Gasteiger partial charge in [0.05, 0.1) is 11.5 Å². The molecule has 3 nitrogen and oxygen atoms in total. The van der Waals surface area contributed by atoms with Crippen LogP contribution in [0.5, 0.6) is 11.5 Å². The SMILES string of the molecule is C[C@H]1C(=O)Oc2cccc(O)c21. The minimum absolute atomic E-state index is 0.130. The maximum absolute atomic E-state index is 11.0. The number of ether oxygens (including phenoxy) is 1. The number of aromatic hydroxyl groups is 1. The zero-order chi connectivity index (χ0) is 8.72. The van der Waals surface area contributed by atoms with Gasteiger partial charge < -0.3 is 9.84 Å². The maximum Gasteiger partial charge on any atom is 0.318 e.